The van der Waals surface area contributed by atoms with Crippen molar-refractivity contribution >= 4 is 17.7 Å². The van der Waals surface area contributed by atoms with Crippen molar-refractivity contribution in [2.24, 2.45) is 0 Å². The lowest BCUT2D eigenvalue weighted by Gasteiger charge is -2.38. The first-order valence-electron chi connectivity index (χ1n) is 11.3. The van der Waals surface area contributed by atoms with Gasteiger partial charge in [0, 0.05) is 50.1 Å². The number of aryl methyl sites for hydroxylation is 1. The molecule has 2 aromatic carbocycles. The summed E-state index contributed by atoms with van der Waals surface area (Å²) >= 11 is 6.87. The SMILES string of the molecule is COCCCc1ccccc1-c1ccc(C2CN(C(=O)O)CCC2c2cccnc2)c(Cl)c1. The second-order valence-corrected chi connectivity index (χ2v) is 8.91. The van der Waals surface area contributed by atoms with E-state index >= 15 is 0 Å². The molecule has 1 aliphatic rings. The minimum atomic E-state index is -0.887. The van der Waals surface area contributed by atoms with Crippen molar-refractivity contribution in [2.75, 3.05) is 26.8 Å². The first-order valence-corrected chi connectivity index (χ1v) is 11.7. The van der Waals surface area contributed by atoms with E-state index in [0.717, 1.165) is 42.6 Å². The average molecular weight is 465 g/mol. The molecule has 2 atom stereocenters. The minimum Gasteiger partial charge on any atom is -0.465 e. The minimum absolute atomic E-state index is 0.0300. The summed E-state index contributed by atoms with van der Waals surface area (Å²) in [5.41, 5.74) is 5.61. The summed E-state index contributed by atoms with van der Waals surface area (Å²) in [4.78, 5) is 17.5. The van der Waals surface area contributed by atoms with Gasteiger partial charge in [-0.2, -0.15) is 0 Å². The summed E-state index contributed by atoms with van der Waals surface area (Å²) in [6.45, 7) is 1.66. The third-order valence-corrected chi connectivity index (χ3v) is 6.85. The van der Waals surface area contributed by atoms with Crippen molar-refractivity contribution in [2.45, 2.75) is 31.1 Å². The van der Waals surface area contributed by atoms with Crippen molar-refractivity contribution in [1.29, 1.82) is 0 Å². The second kappa shape index (κ2) is 10.8. The van der Waals surface area contributed by atoms with E-state index in [-0.39, 0.29) is 11.8 Å². The molecule has 3 aromatic rings. The number of likely N-dealkylation sites (tertiary alicyclic amines) is 1. The van der Waals surface area contributed by atoms with E-state index in [2.05, 4.69) is 41.4 Å². The molecule has 172 valence electrons. The lowest BCUT2D eigenvalue weighted by Crippen LogP contribution is -2.41. The Morgan fingerprint density at radius 2 is 2.03 bits per heavy atom. The molecule has 0 aliphatic carbocycles. The molecule has 1 amide bonds. The van der Waals surface area contributed by atoms with Crippen molar-refractivity contribution in [1.82, 2.24) is 9.88 Å². The number of halogens is 1. The van der Waals surface area contributed by atoms with E-state index in [1.165, 1.54) is 16.0 Å². The van der Waals surface area contributed by atoms with Crippen LogP contribution in [0.2, 0.25) is 5.02 Å². The van der Waals surface area contributed by atoms with Gasteiger partial charge in [0.1, 0.15) is 0 Å². The summed E-state index contributed by atoms with van der Waals surface area (Å²) in [5.74, 6) is 0.136. The van der Waals surface area contributed by atoms with Crippen LogP contribution in [0.25, 0.3) is 11.1 Å². The first kappa shape index (κ1) is 23.3. The molecule has 33 heavy (non-hydrogen) atoms. The van der Waals surface area contributed by atoms with E-state index in [1.54, 1.807) is 13.3 Å². The zero-order valence-corrected chi connectivity index (χ0v) is 19.5. The van der Waals surface area contributed by atoms with Gasteiger partial charge in [0.15, 0.2) is 0 Å². The monoisotopic (exact) mass is 464 g/mol. The molecule has 6 heteroatoms. The molecule has 0 spiro atoms. The molecular weight excluding hydrogens is 436 g/mol. The molecule has 1 aromatic heterocycles. The number of amides is 1. The van der Waals surface area contributed by atoms with Gasteiger partial charge < -0.3 is 14.7 Å². The van der Waals surface area contributed by atoms with Crippen LogP contribution in [0.15, 0.2) is 67.0 Å². The van der Waals surface area contributed by atoms with Crippen LogP contribution in [-0.4, -0.2) is 47.9 Å². The number of benzene rings is 2. The van der Waals surface area contributed by atoms with Gasteiger partial charge in [0.25, 0.3) is 0 Å². The molecule has 0 radical (unpaired) electrons. The Labute approximate surface area is 200 Å². The van der Waals surface area contributed by atoms with Gasteiger partial charge in [-0.3, -0.25) is 4.98 Å². The predicted octanol–water partition coefficient (Wildman–Crippen LogP) is 6.23. The van der Waals surface area contributed by atoms with Crippen LogP contribution in [0.1, 0.15) is 41.4 Å². The maximum absolute atomic E-state index is 11.7. The zero-order chi connectivity index (χ0) is 23.2. The average Bonchev–Trinajstić information content (AvgIpc) is 2.84. The van der Waals surface area contributed by atoms with E-state index in [1.807, 2.05) is 24.4 Å². The van der Waals surface area contributed by atoms with Crippen molar-refractivity contribution < 1.29 is 14.6 Å². The summed E-state index contributed by atoms with van der Waals surface area (Å²) in [7, 11) is 1.72. The van der Waals surface area contributed by atoms with E-state index in [4.69, 9.17) is 16.3 Å². The number of carboxylic acid groups (broad SMARTS) is 1. The van der Waals surface area contributed by atoms with Gasteiger partial charge >= 0.3 is 6.09 Å². The number of hydrogen-bond acceptors (Lipinski definition) is 3. The topological polar surface area (TPSA) is 62.7 Å². The second-order valence-electron chi connectivity index (χ2n) is 8.51. The molecule has 2 heterocycles. The summed E-state index contributed by atoms with van der Waals surface area (Å²) in [6, 6.07) is 18.6. The van der Waals surface area contributed by atoms with Crippen molar-refractivity contribution in [3.8, 4) is 11.1 Å². The number of aromatic nitrogens is 1. The number of rotatable bonds is 7. The molecule has 1 aliphatic heterocycles. The van der Waals surface area contributed by atoms with Gasteiger partial charge in [0.05, 0.1) is 0 Å². The highest BCUT2D eigenvalue weighted by atomic mass is 35.5. The molecule has 2 unspecified atom stereocenters. The number of ether oxygens (including phenoxy) is 1. The van der Waals surface area contributed by atoms with Crippen LogP contribution in [0.3, 0.4) is 0 Å². The van der Waals surface area contributed by atoms with E-state index < -0.39 is 6.09 Å². The molecule has 4 rings (SSSR count). The number of carbonyl (C=O) groups is 1. The van der Waals surface area contributed by atoms with Crippen LogP contribution < -0.4 is 0 Å². The Balaban J connectivity index is 1.66. The maximum Gasteiger partial charge on any atom is 0.407 e. The fourth-order valence-electron chi connectivity index (χ4n) is 4.86. The van der Waals surface area contributed by atoms with Crippen LogP contribution in [-0.2, 0) is 11.2 Å². The number of pyridine rings is 1. The first-order chi connectivity index (χ1) is 16.1. The maximum atomic E-state index is 11.7. The lowest BCUT2D eigenvalue weighted by molar-refractivity contribution is 0.125. The Hall–Kier alpha value is -2.89. The van der Waals surface area contributed by atoms with Gasteiger partial charge in [-0.15, -0.1) is 0 Å². The van der Waals surface area contributed by atoms with Gasteiger partial charge in [-0.25, -0.2) is 4.79 Å². The lowest BCUT2D eigenvalue weighted by atomic mass is 9.77. The zero-order valence-electron chi connectivity index (χ0n) is 18.8. The van der Waals surface area contributed by atoms with Crippen LogP contribution >= 0.6 is 11.6 Å². The number of nitrogens with zero attached hydrogens (tertiary/aromatic N) is 2. The molecule has 1 saturated heterocycles. The largest absolute Gasteiger partial charge is 0.465 e. The number of methoxy groups -OCH3 is 1. The van der Waals surface area contributed by atoms with E-state index in [9.17, 15) is 9.90 Å². The smallest absolute Gasteiger partial charge is 0.407 e. The molecule has 0 bridgehead atoms. The summed E-state index contributed by atoms with van der Waals surface area (Å²) in [6.07, 6.45) is 5.39. The molecule has 0 saturated carbocycles. The van der Waals surface area contributed by atoms with E-state index in [0.29, 0.717) is 18.1 Å². The molecule has 1 N–H and O–H groups in total. The summed E-state index contributed by atoms with van der Waals surface area (Å²) < 4.78 is 5.21. The van der Waals surface area contributed by atoms with Gasteiger partial charge in [0.2, 0.25) is 0 Å². The Kier molecular flexibility index (Phi) is 7.63. The Morgan fingerprint density at radius 3 is 2.76 bits per heavy atom. The highest BCUT2D eigenvalue weighted by molar-refractivity contribution is 6.31. The fraction of sp³-hybridized carbons (Fsp3) is 0.333. The van der Waals surface area contributed by atoms with Crippen LogP contribution in [0.5, 0.6) is 0 Å². The standard InChI is InChI=1S/C27H29ClN2O3/c1-33-15-5-8-19-6-2-3-9-22(19)20-10-11-24(26(28)16-20)25-18-30(27(31)32)14-12-23(25)21-7-4-13-29-17-21/h2-4,6-7,9-11,13,16-17,23,25H,5,8,12,14-15,18H2,1H3,(H,31,32). The highest BCUT2D eigenvalue weighted by Crippen LogP contribution is 2.43. The van der Waals surface area contributed by atoms with Gasteiger partial charge in [-0.1, -0.05) is 54.1 Å². The predicted molar refractivity (Wildman–Crippen MR) is 131 cm³/mol. The van der Waals surface area contributed by atoms with Crippen LogP contribution in [0, 0.1) is 0 Å². The third-order valence-electron chi connectivity index (χ3n) is 6.52. The number of piperidine rings is 1. The van der Waals surface area contributed by atoms with Gasteiger partial charge in [-0.05, 0) is 65.1 Å². The normalized spacial score (nSPS) is 18.3. The van der Waals surface area contributed by atoms with Crippen molar-refractivity contribution in [3.63, 3.8) is 0 Å². The Morgan fingerprint density at radius 1 is 1.18 bits per heavy atom. The number of hydrogen-bond donors (Lipinski definition) is 1. The highest BCUT2D eigenvalue weighted by Gasteiger charge is 2.34. The molecule has 5 nitrogen and oxygen atoms in total. The third kappa shape index (κ3) is 5.37. The Bertz CT molecular complexity index is 1090. The van der Waals surface area contributed by atoms with Crippen molar-refractivity contribution in [3.05, 3.63) is 88.7 Å². The molecular formula is C27H29ClN2O3. The molecule has 1 fully saturated rings. The van der Waals surface area contributed by atoms with Crippen LogP contribution in [0.4, 0.5) is 4.79 Å². The summed E-state index contributed by atoms with van der Waals surface area (Å²) in [5, 5.41) is 10.3. The fourth-order valence-corrected chi connectivity index (χ4v) is 5.18. The quantitative estimate of drug-likeness (QED) is 0.421.